The maximum atomic E-state index is 11.1. The molecule has 1 aromatic rings. The van der Waals surface area contributed by atoms with E-state index in [2.05, 4.69) is 43.5 Å². The molecule has 88 valence electrons. The number of rotatable bonds is 3. The van der Waals surface area contributed by atoms with Crippen molar-refractivity contribution in [2.45, 2.75) is 26.2 Å². The lowest BCUT2D eigenvalue weighted by Gasteiger charge is -2.20. The Morgan fingerprint density at radius 1 is 1.31 bits per heavy atom. The number of carbonyl (C=O) groups is 1. The molecule has 3 nitrogen and oxygen atoms in total. The van der Waals surface area contributed by atoms with E-state index in [4.69, 9.17) is 0 Å². The summed E-state index contributed by atoms with van der Waals surface area (Å²) >= 11 is 0. The molecule has 0 aromatic heterocycles. The maximum Gasteiger partial charge on any atom is 0.239 e. The van der Waals surface area contributed by atoms with Gasteiger partial charge in [0.15, 0.2) is 0 Å². The fourth-order valence-electron chi connectivity index (χ4n) is 1.37. The summed E-state index contributed by atoms with van der Waals surface area (Å²) in [5.74, 6) is -0.0128. The lowest BCUT2D eigenvalue weighted by molar-refractivity contribution is -0.118. The standard InChI is InChI=1S/C13H20N2O/c1-13(2,3)10-6-5-7-11(8-10)15-9-12(16)14-4/h5-8,15H,9H2,1-4H3,(H,14,16). The summed E-state index contributed by atoms with van der Waals surface area (Å²) in [4.78, 5) is 11.1. The third-order valence-electron chi connectivity index (χ3n) is 2.46. The van der Waals surface area contributed by atoms with Crippen molar-refractivity contribution < 1.29 is 4.79 Å². The first-order chi connectivity index (χ1) is 7.43. The molecule has 2 N–H and O–H groups in total. The third-order valence-corrected chi connectivity index (χ3v) is 2.46. The number of nitrogens with one attached hydrogen (secondary N) is 2. The van der Waals surface area contributed by atoms with E-state index in [-0.39, 0.29) is 11.3 Å². The summed E-state index contributed by atoms with van der Waals surface area (Å²) in [5.41, 5.74) is 2.37. The van der Waals surface area contributed by atoms with E-state index in [0.29, 0.717) is 6.54 Å². The second kappa shape index (κ2) is 5.01. The summed E-state index contributed by atoms with van der Waals surface area (Å²) in [6, 6.07) is 8.17. The van der Waals surface area contributed by atoms with Crippen molar-refractivity contribution in [1.82, 2.24) is 5.32 Å². The van der Waals surface area contributed by atoms with Gasteiger partial charge in [0.25, 0.3) is 0 Å². The van der Waals surface area contributed by atoms with Crippen molar-refractivity contribution in [3.05, 3.63) is 29.8 Å². The average molecular weight is 220 g/mol. The Bertz CT molecular complexity index is 366. The van der Waals surface area contributed by atoms with E-state index in [0.717, 1.165) is 5.69 Å². The average Bonchev–Trinajstić information content (AvgIpc) is 2.25. The van der Waals surface area contributed by atoms with Crippen molar-refractivity contribution in [2.24, 2.45) is 0 Å². The molecule has 16 heavy (non-hydrogen) atoms. The van der Waals surface area contributed by atoms with E-state index < -0.39 is 0 Å². The Morgan fingerprint density at radius 2 is 2.00 bits per heavy atom. The Balaban J connectivity index is 2.72. The topological polar surface area (TPSA) is 41.1 Å². The zero-order valence-electron chi connectivity index (χ0n) is 10.4. The molecular weight excluding hydrogens is 200 g/mol. The number of anilines is 1. The van der Waals surface area contributed by atoms with Crippen LogP contribution in [-0.2, 0) is 10.2 Å². The molecule has 0 aliphatic carbocycles. The number of carbonyl (C=O) groups excluding carboxylic acids is 1. The van der Waals surface area contributed by atoms with Crippen LogP contribution in [0, 0.1) is 0 Å². The van der Waals surface area contributed by atoms with Gasteiger partial charge in [-0.2, -0.15) is 0 Å². The molecule has 0 saturated heterocycles. The van der Waals surface area contributed by atoms with E-state index in [1.165, 1.54) is 5.56 Å². The highest BCUT2D eigenvalue weighted by Crippen LogP contribution is 2.24. The van der Waals surface area contributed by atoms with Crippen LogP contribution in [0.1, 0.15) is 26.3 Å². The summed E-state index contributed by atoms with van der Waals surface area (Å²) in [6.45, 7) is 6.82. The molecule has 0 heterocycles. The number of hydrogen-bond acceptors (Lipinski definition) is 2. The third kappa shape index (κ3) is 3.57. The molecule has 1 aromatic carbocycles. The van der Waals surface area contributed by atoms with Gasteiger partial charge in [0, 0.05) is 12.7 Å². The SMILES string of the molecule is CNC(=O)CNc1cccc(C(C)(C)C)c1. The van der Waals surface area contributed by atoms with Crippen LogP contribution < -0.4 is 10.6 Å². The smallest absolute Gasteiger partial charge is 0.239 e. The number of likely N-dealkylation sites (N-methyl/N-ethyl adjacent to an activating group) is 1. The summed E-state index contributed by atoms with van der Waals surface area (Å²) in [6.07, 6.45) is 0. The van der Waals surface area contributed by atoms with Gasteiger partial charge in [-0.1, -0.05) is 32.9 Å². The molecule has 1 amide bonds. The van der Waals surface area contributed by atoms with Gasteiger partial charge in [-0.3, -0.25) is 4.79 Å². The summed E-state index contributed by atoms with van der Waals surface area (Å²) in [7, 11) is 1.63. The molecule has 0 spiro atoms. The number of hydrogen-bond donors (Lipinski definition) is 2. The van der Waals surface area contributed by atoms with Crippen LogP contribution in [-0.4, -0.2) is 19.5 Å². The minimum absolute atomic E-state index is 0.0128. The van der Waals surface area contributed by atoms with Crippen LogP contribution in [0.15, 0.2) is 24.3 Å². The van der Waals surface area contributed by atoms with Crippen molar-refractivity contribution in [3.8, 4) is 0 Å². The monoisotopic (exact) mass is 220 g/mol. The first kappa shape index (κ1) is 12.6. The van der Waals surface area contributed by atoms with Crippen LogP contribution in [0.4, 0.5) is 5.69 Å². The lowest BCUT2D eigenvalue weighted by atomic mass is 9.87. The van der Waals surface area contributed by atoms with Gasteiger partial charge in [-0.05, 0) is 23.1 Å². The van der Waals surface area contributed by atoms with Crippen LogP contribution in [0.3, 0.4) is 0 Å². The van der Waals surface area contributed by atoms with Crippen molar-refractivity contribution in [1.29, 1.82) is 0 Å². The van der Waals surface area contributed by atoms with Gasteiger partial charge in [0.2, 0.25) is 5.91 Å². The van der Waals surface area contributed by atoms with Crippen molar-refractivity contribution in [3.63, 3.8) is 0 Å². The Hall–Kier alpha value is -1.51. The number of amides is 1. The van der Waals surface area contributed by atoms with Gasteiger partial charge in [-0.25, -0.2) is 0 Å². The van der Waals surface area contributed by atoms with Crippen LogP contribution in [0.25, 0.3) is 0 Å². The van der Waals surface area contributed by atoms with Gasteiger partial charge in [0.1, 0.15) is 0 Å². The summed E-state index contributed by atoms with van der Waals surface area (Å²) in [5, 5.41) is 5.67. The molecule has 0 radical (unpaired) electrons. The Labute approximate surface area is 97.2 Å². The fraction of sp³-hybridized carbons (Fsp3) is 0.462. The van der Waals surface area contributed by atoms with Gasteiger partial charge < -0.3 is 10.6 Å². The molecule has 0 atom stereocenters. The zero-order valence-corrected chi connectivity index (χ0v) is 10.4. The molecule has 0 fully saturated rings. The number of benzene rings is 1. The molecule has 0 unspecified atom stereocenters. The Kier molecular flexibility index (Phi) is 3.93. The predicted octanol–water partition coefficient (Wildman–Crippen LogP) is 2.14. The highest BCUT2D eigenvalue weighted by atomic mass is 16.1. The Morgan fingerprint density at radius 3 is 2.56 bits per heavy atom. The van der Waals surface area contributed by atoms with E-state index in [1.54, 1.807) is 7.05 Å². The van der Waals surface area contributed by atoms with E-state index >= 15 is 0 Å². The van der Waals surface area contributed by atoms with Crippen molar-refractivity contribution >= 4 is 11.6 Å². The highest BCUT2D eigenvalue weighted by molar-refractivity contribution is 5.80. The first-order valence-corrected chi connectivity index (χ1v) is 5.48. The normalized spacial score (nSPS) is 11.0. The second-order valence-corrected chi connectivity index (χ2v) is 4.86. The van der Waals surface area contributed by atoms with Crippen LogP contribution in [0.5, 0.6) is 0 Å². The van der Waals surface area contributed by atoms with Crippen LogP contribution >= 0.6 is 0 Å². The molecule has 1 rings (SSSR count). The minimum atomic E-state index is -0.0128. The fourth-order valence-corrected chi connectivity index (χ4v) is 1.37. The zero-order chi connectivity index (χ0) is 12.2. The molecule has 0 saturated carbocycles. The van der Waals surface area contributed by atoms with Gasteiger partial charge in [0.05, 0.1) is 6.54 Å². The molecule has 0 aliphatic heterocycles. The van der Waals surface area contributed by atoms with Crippen LogP contribution in [0.2, 0.25) is 0 Å². The molecular formula is C13H20N2O. The largest absolute Gasteiger partial charge is 0.376 e. The summed E-state index contributed by atoms with van der Waals surface area (Å²) < 4.78 is 0. The quantitative estimate of drug-likeness (QED) is 0.819. The molecule has 0 bridgehead atoms. The minimum Gasteiger partial charge on any atom is -0.376 e. The van der Waals surface area contributed by atoms with Crippen molar-refractivity contribution in [2.75, 3.05) is 18.9 Å². The molecule has 0 aliphatic rings. The van der Waals surface area contributed by atoms with Gasteiger partial charge in [-0.15, -0.1) is 0 Å². The predicted molar refractivity (Wildman–Crippen MR) is 67.7 cm³/mol. The lowest BCUT2D eigenvalue weighted by Crippen LogP contribution is -2.26. The second-order valence-electron chi connectivity index (χ2n) is 4.86. The molecule has 3 heteroatoms. The van der Waals surface area contributed by atoms with E-state index in [1.807, 2.05) is 12.1 Å². The van der Waals surface area contributed by atoms with E-state index in [9.17, 15) is 4.79 Å². The van der Waals surface area contributed by atoms with Gasteiger partial charge >= 0.3 is 0 Å². The first-order valence-electron chi connectivity index (χ1n) is 5.48. The highest BCUT2D eigenvalue weighted by Gasteiger charge is 2.13. The maximum absolute atomic E-state index is 11.1.